The second-order valence-corrected chi connectivity index (χ2v) is 4.87. The predicted octanol–water partition coefficient (Wildman–Crippen LogP) is 1.52. The van der Waals surface area contributed by atoms with E-state index in [1.807, 2.05) is 12.1 Å². The van der Waals surface area contributed by atoms with Gasteiger partial charge in [0, 0.05) is 25.5 Å². The summed E-state index contributed by atoms with van der Waals surface area (Å²) in [6.45, 7) is 1.76. The summed E-state index contributed by atoms with van der Waals surface area (Å²) in [5.41, 5.74) is 11.0. The van der Waals surface area contributed by atoms with Crippen LogP contribution in [0.15, 0.2) is 24.5 Å². The van der Waals surface area contributed by atoms with Gasteiger partial charge in [0.1, 0.15) is 11.6 Å². The fourth-order valence-corrected chi connectivity index (χ4v) is 1.98. The largest absolute Gasteiger partial charge is 0.370 e. The molecule has 118 valence electrons. The van der Waals surface area contributed by atoms with Crippen LogP contribution >= 0.6 is 0 Å². The third-order valence-electron chi connectivity index (χ3n) is 3.06. The van der Waals surface area contributed by atoms with Gasteiger partial charge >= 0.3 is 0 Å². The van der Waals surface area contributed by atoms with Crippen molar-refractivity contribution in [1.82, 2.24) is 19.9 Å². The van der Waals surface area contributed by atoms with E-state index in [0.717, 1.165) is 50.4 Å². The summed E-state index contributed by atoms with van der Waals surface area (Å²) in [6.07, 6.45) is 7.78. The van der Waals surface area contributed by atoms with Crippen LogP contribution in [0.25, 0.3) is 0 Å². The molecule has 8 nitrogen and oxygen atoms in total. The van der Waals surface area contributed by atoms with Crippen LogP contribution in [0, 0.1) is 0 Å². The monoisotopic (exact) mass is 302 g/mol. The smallest absolute Gasteiger partial charge is 0.221 e. The summed E-state index contributed by atoms with van der Waals surface area (Å²) in [6, 6.07) is 3.63. The number of nitrogen functional groups attached to an aromatic ring is 2. The van der Waals surface area contributed by atoms with Gasteiger partial charge < -0.3 is 22.1 Å². The summed E-state index contributed by atoms with van der Waals surface area (Å²) in [4.78, 5) is 15.9. The Labute approximate surface area is 129 Å². The van der Waals surface area contributed by atoms with Crippen molar-refractivity contribution in [2.24, 2.45) is 0 Å². The van der Waals surface area contributed by atoms with Crippen LogP contribution < -0.4 is 22.1 Å². The van der Waals surface area contributed by atoms with Gasteiger partial charge in [0.2, 0.25) is 11.9 Å². The second kappa shape index (κ2) is 8.60. The Morgan fingerprint density at radius 2 is 1.18 bits per heavy atom. The molecule has 0 aliphatic heterocycles. The molecule has 2 heterocycles. The first-order valence-electron chi connectivity index (χ1n) is 7.39. The highest BCUT2D eigenvalue weighted by atomic mass is 15.1. The molecule has 2 aromatic heterocycles. The maximum absolute atomic E-state index is 5.52. The predicted molar refractivity (Wildman–Crippen MR) is 88.3 cm³/mol. The fraction of sp³-hybridized carbons (Fsp3) is 0.429. The fourth-order valence-electron chi connectivity index (χ4n) is 1.98. The first-order valence-corrected chi connectivity index (χ1v) is 7.39. The SMILES string of the molecule is Nc1nccc(NCCCCCCNc2ccnc(N)n2)n1. The molecule has 0 aliphatic carbocycles. The first kappa shape index (κ1) is 15.7. The number of anilines is 4. The summed E-state index contributed by atoms with van der Waals surface area (Å²) < 4.78 is 0. The van der Waals surface area contributed by atoms with Crippen LogP contribution in [-0.4, -0.2) is 33.0 Å². The minimum atomic E-state index is 0.293. The third kappa shape index (κ3) is 5.78. The molecule has 0 fully saturated rings. The molecule has 0 saturated heterocycles. The standard InChI is InChI=1S/C14H22N8/c15-13-19-9-5-11(21-13)17-7-3-1-2-4-8-18-12-6-10-20-14(16)22-12/h5-6,9-10H,1-4,7-8H2,(H3,15,17,19,21)(H3,16,18,20,22). The van der Waals surface area contributed by atoms with E-state index in [4.69, 9.17) is 11.5 Å². The average Bonchev–Trinajstić information content (AvgIpc) is 2.50. The molecule has 2 aromatic rings. The zero-order valence-corrected chi connectivity index (χ0v) is 12.5. The molecular formula is C14H22N8. The molecule has 8 heteroatoms. The molecule has 0 bridgehead atoms. The number of nitrogens with two attached hydrogens (primary N) is 2. The molecule has 0 spiro atoms. The van der Waals surface area contributed by atoms with Crippen molar-refractivity contribution in [2.45, 2.75) is 25.7 Å². The van der Waals surface area contributed by atoms with Crippen LogP contribution in [0.4, 0.5) is 23.5 Å². The Hall–Kier alpha value is -2.64. The second-order valence-electron chi connectivity index (χ2n) is 4.87. The molecule has 6 N–H and O–H groups in total. The minimum absolute atomic E-state index is 0.293. The lowest BCUT2D eigenvalue weighted by Gasteiger charge is -2.07. The van der Waals surface area contributed by atoms with Gasteiger partial charge in [0.05, 0.1) is 0 Å². The van der Waals surface area contributed by atoms with Crippen LogP contribution in [0.3, 0.4) is 0 Å². The Morgan fingerprint density at radius 1 is 0.727 bits per heavy atom. The number of rotatable bonds is 9. The van der Waals surface area contributed by atoms with Gasteiger partial charge in [-0.05, 0) is 25.0 Å². The number of hydrogen-bond donors (Lipinski definition) is 4. The molecule has 0 atom stereocenters. The Morgan fingerprint density at radius 3 is 1.59 bits per heavy atom. The van der Waals surface area contributed by atoms with Crippen molar-refractivity contribution >= 4 is 23.5 Å². The number of nitrogens with one attached hydrogen (secondary N) is 2. The van der Waals surface area contributed by atoms with Crippen LogP contribution in [0.2, 0.25) is 0 Å². The number of unbranched alkanes of at least 4 members (excludes halogenated alkanes) is 3. The van der Waals surface area contributed by atoms with Gasteiger partial charge in [-0.25, -0.2) is 9.97 Å². The summed E-state index contributed by atoms with van der Waals surface area (Å²) in [5.74, 6) is 2.13. The van der Waals surface area contributed by atoms with E-state index in [2.05, 4.69) is 30.6 Å². The number of hydrogen-bond acceptors (Lipinski definition) is 8. The van der Waals surface area contributed by atoms with E-state index in [0.29, 0.717) is 11.9 Å². The van der Waals surface area contributed by atoms with E-state index in [1.165, 1.54) is 0 Å². The lowest BCUT2D eigenvalue weighted by atomic mass is 10.2. The molecule has 0 unspecified atom stereocenters. The van der Waals surface area contributed by atoms with E-state index in [-0.39, 0.29) is 0 Å². The number of nitrogens with zero attached hydrogens (tertiary/aromatic N) is 4. The van der Waals surface area contributed by atoms with Crippen molar-refractivity contribution in [3.8, 4) is 0 Å². The molecule has 0 radical (unpaired) electrons. The van der Waals surface area contributed by atoms with Crippen molar-refractivity contribution in [3.05, 3.63) is 24.5 Å². The summed E-state index contributed by atoms with van der Waals surface area (Å²) in [7, 11) is 0. The first-order chi connectivity index (χ1) is 10.7. The molecule has 2 rings (SSSR count). The molecule has 0 amide bonds. The topological polar surface area (TPSA) is 128 Å². The molecular weight excluding hydrogens is 280 g/mol. The molecule has 0 aliphatic rings. The third-order valence-corrected chi connectivity index (χ3v) is 3.06. The zero-order chi connectivity index (χ0) is 15.6. The van der Waals surface area contributed by atoms with Gasteiger partial charge in [-0.1, -0.05) is 12.8 Å². The summed E-state index contributed by atoms with van der Waals surface area (Å²) >= 11 is 0. The Balaban J connectivity index is 1.49. The van der Waals surface area contributed by atoms with E-state index in [1.54, 1.807) is 12.4 Å². The molecule has 22 heavy (non-hydrogen) atoms. The van der Waals surface area contributed by atoms with Crippen molar-refractivity contribution < 1.29 is 0 Å². The summed E-state index contributed by atoms with van der Waals surface area (Å²) in [5, 5.41) is 6.46. The zero-order valence-electron chi connectivity index (χ0n) is 12.5. The van der Waals surface area contributed by atoms with Gasteiger partial charge in [0.25, 0.3) is 0 Å². The van der Waals surface area contributed by atoms with Gasteiger partial charge in [0.15, 0.2) is 0 Å². The Bertz CT molecular complexity index is 523. The highest BCUT2D eigenvalue weighted by molar-refractivity contribution is 5.37. The van der Waals surface area contributed by atoms with E-state index < -0.39 is 0 Å². The van der Waals surface area contributed by atoms with Crippen LogP contribution in [-0.2, 0) is 0 Å². The van der Waals surface area contributed by atoms with Gasteiger partial charge in [-0.2, -0.15) is 9.97 Å². The highest BCUT2D eigenvalue weighted by Crippen LogP contribution is 2.06. The number of aromatic nitrogens is 4. The highest BCUT2D eigenvalue weighted by Gasteiger charge is 1.97. The minimum Gasteiger partial charge on any atom is -0.370 e. The van der Waals surface area contributed by atoms with Crippen LogP contribution in [0.5, 0.6) is 0 Å². The van der Waals surface area contributed by atoms with Crippen molar-refractivity contribution in [3.63, 3.8) is 0 Å². The maximum Gasteiger partial charge on any atom is 0.221 e. The van der Waals surface area contributed by atoms with Gasteiger partial charge in [-0.3, -0.25) is 0 Å². The van der Waals surface area contributed by atoms with Crippen molar-refractivity contribution in [2.75, 3.05) is 35.2 Å². The van der Waals surface area contributed by atoms with Crippen molar-refractivity contribution in [1.29, 1.82) is 0 Å². The quantitative estimate of drug-likeness (QED) is 0.513. The molecule has 0 saturated carbocycles. The van der Waals surface area contributed by atoms with E-state index in [9.17, 15) is 0 Å². The lowest BCUT2D eigenvalue weighted by Crippen LogP contribution is -2.07. The van der Waals surface area contributed by atoms with Gasteiger partial charge in [-0.15, -0.1) is 0 Å². The van der Waals surface area contributed by atoms with E-state index >= 15 is 0 Å². The average molecular weight is 302 g/mol. The molecule has 0 aromatic carbocycles. The lowest BCUT2D eigenvalue weighted by molar-refractivity contribution is 0.669. The normalized spacial score (nSPS) is 10.4. The maximum atomic E-state index is 5.52. The van der Waals surface area contributed by atoms with Crippen LogP contribution in [0.1, 0.15) is 25.7 Å². The Kier molecular flexibility index (Phi) is 6.16.